The minimum absolute atomic E-state index is 0. The van der Waals surface area contributed by atoms with Crippen molar-refractivity contribution in [3.63, 3.8) is 0 Å². The molecular formula is H8F2N4Pt-4. The van der Waals surface area contributed by atoms with Crippen molar-refractivity contribution in [2.24, 2.45) is 0 Å². The third-order valence-corrected chi connectivity index (χ3v) is 0. The van der Waals surface area contributed by atoms with Crippen LogP contribution in [0.4, 0.5) is 0 Å². The Morgan fingerprint density at radius 3 is 0.429 bits per heavy atom. The van der Waals surface area contributed by atoms with Gasteiger partial charge in [-0.3, -0.25) is 0 Å². The van der Waals surface area contributed by atoms with Crippen molar-refractivity contribution in [2.75, 3.05) is 0 Å². The smallest absolute Gasteiger partial charge is 1.00 e. The Kier molecular flexibility index (Phi) is 351000. The summed E-state index contributed by atoms with van der Waals surface area (Å²) < 4.78 is 0. The molecule has 7 heavy (non-hydrogen) atoms. The predicted molar refractivity (Wildman–Crippen MR) is 21.1 cm³/mol. The zero-order chi connectivity index (χ0) is 0. The summed E-state index contributed by atoms with van der Waals surface area (Å²) in [5.41, 5.74) is 0. The van der Waals surface area contributed by atoms with Gasteiger partial charge in [0.15, 0.2) is 0 Å². The standard InChI is InChI=1S/2FH.4H2N.Pt/h2*1H;4*1H2;/q;;4*-1;+2/p-2. The third kappa shape index (κ3) is 816. The van der Waals surface area contributed by atoms with E-state index in [-0.39, 0.29) is 55.1 Å². The van der Waals surface area contributed by atoms with E-state index in [0.717, 1.165) is 0 Å². The number of rotatable bonds is 0. The zero-order valence-electron chi connectivity index (χ0n) is 3.38. The second-order valence-corrected chi connectivity index (χ2v) is 0. The predicted octanol–water partition coefficient (Wildman–Crippen LogP) is -3.13. The number of halogens is 2. The van der Waals surface area contributed by atoms with Crippen molar-refractivity contribution in [1.29, 1.82) is 0 Å². The summed E-state index contributed by atoms with van der Waals surface area (Å²) in [6.45, 7) is 0. The molecule has 0 atom stereocenters. The molecule has 0 aliphatic rings. The van der Waals surface area contributed by atoms with Crippen LogP contribution >= 0.6 is 0 Å². The van der Waals surface area contributed by atoms with Gasteiger partial charge in [-0.1, -0.05) is 0 Å². The zero-order valence-corrected chi connectivity index (χ0v) is 5.65. The maximum absolute atomic E-state index is 0. The molecule has 0 rings (SSSR count). The Morgan fingerprint density at radius 2 is 0.429 bits per heavy atom. The van der Waals surface area contributed by atoms with E-state index in [4.69, 9.17) is 0 Å². The molecule has 0 bridgehead atoms. The first-order chi connectivity index (χ1) is 0. The van der Waals surface area contributed by atoms with E-state index in [1.807, 2.05) is 0 Å². The molecule has 0 heterocycles. The van der Waals surface area contributed by atoms with Gasteiger partial charge >= 0.3 is 21.1 Å². The van der Waals surface area contributed by atoms with E-state index < -0.39 is 0 Å². The van der Waals surface area contributed by atoms with Gasteiger partial charge in [0.2, 0.25) is 0 Å². The normalized spacial score (nSPS) is 0. The summed E-state index contributed by atoms with van der Waals surface area (Å²) >= 11 is 0. The van der Waals surface area contributed by atoms with Gasteiger partial charge < -0.3 is 34.0 Å². The van der Waals surface area contributed by atoms with Crippen LogP contribution in [0.2, 0.25) is 0 Å². The fraction of sp³-hybridized carbons (Fsp3) is 0. The van der Waals surface area contributed by atoms with Crippen LogP contribution in [0.15, 0.2) is 0 Å². The van der Waals surface area contributed by atoms with Gasteiger partial charge in [0.05, 0.1) is 0 Å². The molecule has 8 N–H and O–H groups in total. The van der Waals surface area contributed by atoms with E-state index >= 15 is 0 Å². The number of hydrogen-bond donors (Lipinski definition) is 0. The van der Waals surface area contributed by atoms with Crippen molar-refractivity contribution >= 4 is 0 Å². The Balaban J connectivity index is 0. The minimum atomic E-state index is 0. The number of nitrogens with two attached hydrogens (primary N) is 4. The van der Waals surface area contributed by atoms with E-state index in [1.165, 1.54) is 0 Å². The molecule has 0 unspecified atom stereocenters. The van der Waals surface area contributed by atoms with Crippen molar-refractivity contribution in [3.8, 4) is 0 Å². The van der Waals surface area contributed by atoms with Crippen LogP contribution in [-0.2, 0) is 21.1 Å². The third-order valence-electron chi connectivity index (χ3n) is 0. The topological polar surface area (TPSA) is 134 Å². The van der Waals surface area contributed by atoms with Crippen molar-refractivity contribution in [2.45, 2.75) is 0 Å². The Morgan fingerprint density at radius 1 is 0.429 bits per heavy atom. The SMILES string of the molecule is [F-].[F-].[NH2-].[NH2-].[NH2-].[NH2-].[Pt+2]. The van der Waals surface area contributed by atoms with E-state index in [2.05, 4.69) is 0 Å². The first kappa shape index (κ1) is 2000. The van der Waals surface area contributed by atoms with Crippen LogP contribution in [-0.4, -0.2) is 0 Å². The maximum atomic E-state index is 0. The molecule has 0 aromatic carbocycles. The molecule has 0 saturated heterocycles. The van der Waals surface area contributed by atoms with E-state index in [9.17, 15) is 0 Å². The molecule has 56 valence electrons. The Labute approximate surface area is 55.8 Å². The summed E-state index contributed by atoms with van der Waals surface area (Å²) in [4.78, 5) is 0. The monoisotopic (exact) mass is 297 g/mol. The molecular weight excluding hydrogens is 289 g/mol. The first-order valence-electron chi connectivity index (χ1n) is 0. The van der Waals surface area contributed by atoms with Crippen molar-refractivity contribution in [1.82, 2.24) is 0 Å². The molecule has 0 amide bonds. The van der Waals surface area contributed by atoms with Crippen LogP contribution in [0.5, 0.6) is 0 Å². The molecule has 0 aliphatic carbocycles. The summed E-state index contributed by atoms with van der Waals surface area (Å²) in [5, 5.41) is 0. The van der Waals surface area contributed by atoms with Crippen LogP contribution in [0.25, 0.3) is 24.6 Å². The second kappa shape index (κ2) is 1230. The second-order valence-electron chi connectivity index (χ2n) is 0. The summed E-state index contributed by atoms with van der Waals surface area (Å²) in [5.74, 6) is 0. The van der Waals surface area contributed by atoms with Gasteiger partial charge in [-0.2, -0.15) is 0 Å². The van der Waals surface area contributed by atoms with Crippen LogP contribution in [0.3, 0.4) is 0 Å². The molecule has 0 fully saturated rings. The molecule has 4 nitrogen and oxygen atoms in total. The summed E-state index contributed by atoms with van der Waals surface area (Å²) in [7, 11) is 0. The van der Waals surface area contributed by atoms with Crippen molar-refractivity contribution < 1.29 is 30.5 Å². The van der Waals surface area contributed by atoms with Crippen LogP contribution in [0.1, 0.15) is 0 Å². The van der Waals surface area contributed by atoms with Gasteiger partial charge in [0.25, 0.3) is 0 Å². The maximum Gasteiger partial charge on any atom is 2.00 e. The average Bonchev–Trinajstić information content (AvgIpc) is 0. The fourth-order valence-electron chi connectivity index (χ4n) is 0. The summed E-state index contributed by atoms with van der Waals surface area (Å²) in [6, 6.07) is 0. The van der Waals surface area contributed by atoms with Crippen molar-refractivity contribution in [3.05, 3.63) is 24.6 Å². The Hall–Kier alpha value is 0.388. The molecule has 0 saturated carbocycles. The average molecular weight is 297 g/mol. The molecule has 0 spiro atoms. The first-order valence-corrected chi connectivity index (χ1v) is 0. The van der Waals surface area contributed by atoms with Gasteiger partial charge in [-0.15, -0.1) is 0 Å². The molecule has 0 aliphatic heterocycles. The molecule has 0 radical (unpaired) electrons. The van der Waals surface area contributed by atoms with Crippen LogP contribution < -0.4 is 9.41 Å². The van der Waals surface area contributed by atoms with Gasteiger partial charge in [0, 0.05) is 0 Å². The van der Waals surface area contributed by atoms with E-state index in [1.54, 1.807) is 0 Å². The quantitative estimate of drug-likeness (QED) is 0.447. The fourth-order valence-corrected chi connectivity index (χ4v) is 0. The van der Waals surface area contributed by atoms with E-state index in [0.29, 0.717) is 0 Å². The van der Waals surface area contributed by atoms with Gasteiger partial charge in [-0.25, -0.2) is 0 Å². The minimum Gasteiger partial charge on any atom is -1.00 e. The largest absolute Gasteiger partial charge is 2.00 e. The molecule has 0 aromatic heterocycles. The molecule has 0 aromatic rings. The van der Waals surface area contributed by atoms with Gasteiger partial charge in [0.1, 0.15) is 0 Å². The molecule has 7 heteroatoms. The Bertz CT molecular complexity index is 9.65. The van der Waals surface area contributed by atoms with Crippen LogP contribution in [0, 0.1) is 0 Å². The van der Waals surface area contributed by atoms with Gasteiger partial charge in [-0.05, 0) is 0 Å². The summed E-state index contributed by atoms with van der Waals surface area (Å²) in [6.07, 6.45) is 0. The number of hydrogen-bond acceptors (Lipinski definition) is 0.